The summed E-state index contributed by atoms with van der Waals surface area (Å²) in [4.78, 5) is 14.5. The number of piperidine rings is 1. The van der Waals surface area contributed by atoms with Gasteiger partial charge in [0.05, 0.1) is 0 Å². The zero-order chi connectivity index (χ0) is 14.2. The summed E-state index contributed by atoms with van der Waals surface area (Å²) in [6.45, 7) is 5.93. The van der Waals surface area contributed by atoms with Crippen LogP contribution in [0.3, 0.4) is 0 Å². The Morgan fingerprint density at radius 1 is 1.29 bits per heavy atom. The monoisotopic (exact) mass is 328 g/mol. The number of carbonyl (C=O) groups excluding carboxylic acids is 1. The van der Waals surface area contributed by atoms with Gasteiger partial charge in [0.1, 0.15) is 0 Å². The smallest absolute Gasteiger partial charge is 0.253 e. The highest BCUT2D eigenvalue weighted by Gasteiger charge is 2.38. The molecule has 1 N–H and O–H groups in total. The third-order valence-corrected chi connectivity index (χ3v) is 5.27. The fourth-order valence-corrected chi connectivity index (χ4v) is 3.50. The summed E-state index contributed by atoms with van der Waals surface area (Å²) in [5.41, 5.74) is 2.17. The second-order valence-corrected chi connectivity index (χ2v) is 6.59. The van der Waals surface area contributed by atoms with E-state index >= 15 is 0 Å². The summed E-state index contributed by atoms with van der Waals surface area (Å²) in [6.07, 6.45) is 3.49. The van der Waals surface area contributed by atoms with Crippen molar-refractivity contribution in [1.82, 2.24) is 10.2 Å². The lowest BCUT2D eigenvalue weighted by molar-refractivity contribution is 0.0607. The molecule has 2 fully saturated rings. The first kappa shape index (κ1) is 16.6. The van der Waals surface area contributed by atoms with Gasteiger partial charge in [-0.25, -0.2) is 0 Å². The van der Waals surface area contributed by atoms with Gasteiger partial charge in [0.15, 0.2) is 0 Å². The van der Waals surface area contributed by atoms with Gasteiger partial charge in [-0.2, -0.15) is 0 Å². The van der Waals surface area contributed by atoms with Gasteiger partial charge < -0.3 is 10.2 Å². The minimum absolute atomic E-state index is 0. The summed E-state index contributed by atoms with van der Waals surface area (Å²) in [7, 11) is 0. The van der Waals surface area contributed by atoms with E-state index in [4.69, 9.17) is 11.6 Å². The molecule has 116 valence electrons. The fourth-order valence-electron chi connectivity index (χ4n) is 3.31. The second kappa shape index (κ2) is 6.55. The van der Waals surface area contributed by atoms with Crippen LogP contribution in [0.25, 0.3) is 0 Å². The molecular weight excluding hydrogens is 307 g/mol. The Balaban J connectivity index is 0.00000161. The first-order valence-electron chi connectivity index (χ1n) is 7.36. The van der Waals surface area contributed by atoms with Crippen LogP contribution in [0.2, 0.25) is 5.02 Å². The lowest BCUT2D eigenvalue weighted by Crippen LogP contribution is -2.44. The molecular formula is C16H22Cl2N2O. The molecule has 0 radical (unpaired) electrons. The Hall–Kier alpha value is -0.770. The largest absolute Gasteiger partial charge is 0.339 e. The number of aryl methyl sites for hydroxylation is 1. The van der Waals surface area contributed by atoms with Crippen LogP contribution in [0.15, 0.2) is 18.2 Å². The molecule has 0 atom stereocenters. The highest BCUT2D eigenvalue weighted by molar-refractivity contribution is 6.31. The quantitative estimate of drug-likeness (QED) is 0.857. The summed E-state index contributed by atoms with van der Waals surface area (Å²) < 4.78 is 0. The van der Waals surface area contributed by atoms with Crippen LogP contribution in [-0.4, -0.2) is 37.0 Å². The van der Waals surface area contributed by atoms with Crippen molar-refractivity contribution in [3.63, 3.8) is 0 Å². The Bertz CT molecular complexity index is 517. The van der Waals surface area contributed by atoms with E-state index in [1.54, 1.807) is 6.07 Å². The van der Waals surface area contributed by atoms with Crippen LogP contribution in [0.5, 0.6) is 0 Å². The molecule has 0 bridgehead atoms. The molecule has 0 aromatic heterocycles. The maximum Gasteiger partial charge on any atom is 0.253 e. The first-order valence-corrected chi connectivity index (χ1v) is 7.74. The zero-order valence-electron chi connectivity index (χ0n) is 12.3. The van der Waals surface area contributed by atoms with Gasteiger partial charge in [0, 0.05) is 30.2 Å². The molecule has 3 nitrogen and oxygen atoms in total. The first-order chi connectivity index (χ1) is 9.60. The average Bonchev–Trinajstić information content (AvgIpc) is 2.90. The maximum absolute atomic E-state index is 12.5. The minimum atomic E-state index is 0. The molecule has 1 aromatic rings. The van der Waals surface area contributed by atoms with E-state index in [2.05, 4.69) is 5.32 Å². The minimum Gasteiger partial charge on any atom is -0.339 e. The summed E-state index contributed by atoms with van der Waals surface area (Å²) in [5, 5.41) is 4.12. The SMILES string of the molecule is Cc1ccc(C(=O)N2CCC3(CCNC3)CC2)cc1Cl.Cl. The number of carbonyl (C=O) groups is 1. The molecule has 21 heavy (non-hydrogen) atoms. The van der Waals surface area contributed by atoms with Crippen LogP contribution in [0.4, 0.5) is 0 Å². The number of benzene rings is 1. The van der Waals surface area contributed by atoms with Gasteiger partial charge in [-0.1, -0.05) is 17.7 Å². The highest BCUT2D eigenvalue weighted by atomic mass is 35.5. The Morgan fingerprint density at radius 3 is 2.57 bits per heavy atom. The topological polar surface area (TPSA) is 32.3 Å². The summed E-state index contributed by atoms with van der Waals surface area (Å²) in [5.74, 6) is 0.118. The van der Waals surface area contributed by atoms with Crippen LogP contribution in [0, 0.1) is 12.3 Å². The molecule has 2 aliphatic rings. The molecule has 2 heterocycles. The van der Waals surface area contributed by atoms with Gasteiger partial charge in [-0.3, -0.25) is 4.79 Å². The summed E-state index contributed by atoms with van der Waals surface area (Å²) >= 11 is 6.12. The average molecular weight is 329 g/mol. The number of hydrogen-bond acceptors (Lipinski definition) is 2. The maximum atomic E-state index is 12.5. The fraction of sp³-hybridized carbons (Fsp3) is 0.562. The highest BCUT2D eigenvalue weighted by Crippen LogP contribution is 2.37. The molecule has 3 rings (SSSR count). The van der Waals surface area contributed by atoms with Crippen molar-refractivity contribution >= 4 is 29.9 Å². The van der Waals surface area contributed by atoms with Crippen molar-refractivity contribution in [2.24, 2.45) is 5.41 Å². The Kier molecular flexibility index (Phi) is 5.18. The Morgan fingerprint density at radius 2 is 2.00 bits per heavy atom. The second-order valence-electron chi connectivity index (χ2n) is 6.18. The third kappa shape index (κ3) is 3.36. The molecule has 0 saturated carbocycles. The van der Waals surface area contributed by atoms with Crippen molar-refractivity contribution < 1.29 is 4.79 Å². The number of amides is 1. The number of nitrogens with zero attached hydrogens (tertiary/aromatic N) is 1. The van der Waals surface area contributed by atoms with Crippen molar-refractivity contribution in [3.05, 3.63) is 34.3 Å². The molecule has 0 aliphatic carbocycles. The number of halogens is 2. The van der Waals surface area contributed by atoms with Crippen LogP contribution in [0.1, 0.15) is 35.2 Å². The van der Waals surface area contributed by atoms with E-state index in [1.807, 2.05) is 24.0 Å². The molecule has 5 heteroatoms. The van der Waals surface area contributed by atoms with Crippen LogP contribution >= 0.6 is 24.0 Å². The van der Waals surface area contributed by atoms with Gasteiger partial charge >= 0.3 is 0 Å². The van der Waals surface area contributed by atoms with Crippen molar-refractivity contribution in [2.75, 3.05) is 26.2 Å². The van der Waals surface area contributed by atoms with E-state index in [1.165, 1.54) is 6.42 Å². The van der Waals surface area contributed by atoms with E-state index in [0.717, 1.165) is 44.6 Å². The molecule has 1 aromatic carbocycles. The number of likely N-dealkylation sites (tertiary alicyclic amines) is 1. The number of nitrogens with one attached hydrogen (secondary N) is 1. The van der Waals surface area contributed by atoms with Gasteiger partial charge in [0.2, 0.25) is 0 Å². The summed E-state index contributed by atoms with van der Waals surface area (Å²) in [6, 6.07) is 5.59. The van der Waals surface area contributed by atoms with Crippen LogP contribution in [-0.2, 0) is 0 Å². The van der Waals surface area contributed by atoms with E-state index in [-0.39, 0.29) is 18.3 Å². The molecule has 0 unspecified atom stereocenters. The van der Waals surface area contributed by atoms with Gasteiger partial charge in [-0.05, 0) is 55.8 Å². The molecule has 2 aliphatic heterocycles. The standard InChI is InChI=1S/C16H21ClN2O.ClH/c1-12-2-3-13(10-14(12)17)15(20)19-8-5-16(6-9-19)4-7-18-11-16;/h2-3,10,18H,4-9,11H2,1H3;1H. The van der Waals surface area contributed by atoms with Crippen molar-refractivity contribution in [2.45, 2.75) is 26.2 Å². The van der Waals surface area contributed by atoms with Gasteiger partial charge in [-0.15, -0.1) is 12.4 Å². The normalized spacial score (nSPS) is 20.4. The predicted octanol–water partition coefficient (Wildman–Crippen LogP) is 3.29. The molecule has 1 amide bonds. The molecule has 1 spiro atoms. The van der Waals surface area contributed by atoms with Crippen molar-refractivity contribution in [1.29, 1.82) is 0 Å². The number of hydrogen-bond donors (Lipinski definition) is 1. The van der Waals surface area contributed by atoms with E-state index < -0.39 is 0 Å². The Labute approximate surface area is 137 Å². The lowest BCUT2D eigenvalue weighted by atomic mass is 9.78. The lowest BCUT2D eigenvalue weighted by Gasteiger charge is -2.39. The van der Waals surface area contributed by atoms with E-state index in [9.17, 15) is 4.79 Å². The third-order valence-electron chi connectivity index (χ3n) is 4.86. The van der Waals surface area contributed by atoms with Crippen molar-refractivity contribution in [3.8, 4) is 0 Å². The zero-order valence-corrected chi connectivity index (χ0v) is 13.9. The van der Waals surface area contributed by atoms with Gasteiger partial charge in [0.25, 0.3) is 5.91 Å². The number of rotatable bonds is 1. The van der Waals surface area contributed by atoms with Crippen LogP contribution < -0.4 is 5.32 Å². The molecule has 2 saturated heterocycles. The van der Waals surface area contributed by atoms with E-state index in [0.29, 0.717) is 16.0 Å². The predicted molar refractivity (Wildman–Crippen MR) is 88.5 cm³/mol.